The summed E-state index contributed by atoms with van der Waals surface area (Å²) in [5.74, 6) is 1.41. The van der Waals surface area contributed by atoms with Crippen molar-refractivity contribution < 1.29 is 4.74 Å². The zero-order valence-electron chi connectivity index (χ0n) is 14.2. The molecule has 0 aliphatic carbocycles. The fourth-order valence-electron chi connectivity index (χ4n) is 4.37. The Bertz CT molecular complexity index is 798. The predicted molar refractivity (Wildman–Crippen MR) is 98.6 cm³/mol. The molecule has 1 aromatic carbocycles. The molecule has 128 valence electrons. The highest BCUT2D eigenvalue weighted by Crippen LogP contribution is 2.40. The van der Waals surface area contributed by atoms with Crippen LogP contribution in [-0.4, -0.2) is 47.7 Å². The predicted octanol–water partition coefficient (Wildman–Crippen LogP) is 3.01. The van der Waals surface area contributed by atoms with Gasteiger partial charge in [-0.05, 0) is 49.2 Å². The number of hydrogen-bond acceptors (Lipinski definition) is 5. The number of benzene rings is 1. The van der Waals surface area contributed by atoms with Crippen LogP contribution in [0.1, 0.15) is 12.8 Å². The minimum atomic E-state index is -0.115. The van der Waals surface area contributed by atoms with Gasteiger partial charge in [0.1, 0.15) is 11.4 Å². The molecule has 6 rings (SSSR count). The second-order valence-corrected chi connectivity index (χ2v) is 7.26. The number of ether oxygens (including phenoxy) is 1. The molecule has 1 spiro atoms. The maximum atomic E-state index is 6.33. The number of aromatic nitrogens is 1. The van der Waals surface area contributed by atoms with E-state index in [0.29, 0.717) is 11.9 Å². The summed E-state index contributed by atoms with van der Waals surface area (Å²) in [6.07, 6.45) is 4.28. The summed E-state index contributed by atoms with van der Waals surface area (Å²) in [4.78, 5) is 11.6. The Balaban J connectivity index is 1.32. The molecular weight excluding hydrogens is 312 g/mol. The number of rotatable bonds is 2. The van der Waals surface area contributed by atoms with Gasteiger partial charge in [0.05, 0.1) is 6.54 Å². The standard InChI is InChI=1S/C20H22N4O/c1-2-4-15(5-3-1)16-6-9-21-18(12-16)23-19-22-13-20(25-19)14-24-10-7-17(20)8-11-24/h1-6,9,12,17H,7-8,10-11,13-14H2,(H,21,22,23)/t20-/m0/s1. The Morgan fingerprint density at radius 2 is 1.92 bits per heavy atom. The van der Waals surface area contributed by atoms with Crippen LogP contribution in [0.5, 0.6) is 0 Å². The van der Waals surface area contributed by atoms with Crippen LogP contribution < -0.4 is 5.32 Å². The lowest BCUT2D eigenvalue weighted by atomic mass is 9.75. The molecule has 5 nitrogen and oxygen atoms in total. The fourth-order valence-corrected chi connectivity index (χ4v) is 4.37. The van der Waals surface area contributed by atoms with Crippen LogP contribution in [0.2, 0.25) is 0 Å². The van der Waals surface area contributed by atoms with E-state index in [1.54, 1.807) is 0 Å². The number of fused-ring (bicyclic) bond motifs is 2. The van der Waals surface area contributed by atoms with Crippen LogP contribution in [0, 0.1) is 5.92 Å². The number of piperidine rings is 3. The Morgan fingerprint density at radius 3 is 2.68 bits per heavy atom. The van der Waals surface area contributed by atoms with E-state index in [4.69, 9.17) is 4.74 Å². The Kier molecular flexibility index (Phi) is 3.48. The minimum Gasteiger partial charge on any atom is -0.455 e. The van der Waals surface area contributed by atoms with Gasteiger partial charge in [0, 0.05) is 18.7 Å². The van der Waals surface area contributed by atoms with Crippen molar-refractivity contribution >= 4 is 11.8 Å². The summed E-state index contributed by atoms with van der Waals surface area (Å²) in [5, 5.41) is 3.28. The van der Waals surface area contributed by atoms with E-state index in [1.165, 1.54) is 31.5 Å². The van der Waals surface area contributed by atoms with Crippen LogP contribution in [-0.2, 0) is 4.74 Å². The van der Waals surface area contributed by atoms with Gasteiger partial charge in [-0.25, -0.2) is 9.98 Å². The van der Waals surface area contributed by atoms with Gasteiger partial charge < -0.3 is 4.74 Å². The summed E-state index contributed by atoms with van der Waals surface area (Å²) < 4.78 is 6.33. The van der Waals surface area contributed by atoms with E-state index in [0.717, 1.165) is 24.5 Å². The lowest BCUT2D eigenvalue weighted by Crippen LogP contribution is -2.61. The number of nitrogens with one attached hydrogen (secondary N) is 1. The molecule has 5 heteroatoms. The van der Waals surface area contributed by atoms with Gasteiger partial charge in [0.25, 0.3) is 6.02 Å². The molecule has 4 aliphatic rings. The zero-order chi connectivity index (χ0) is 16.7. The molecule has 0 amide bonds. The average Bonchev–Trinajstić information content (AvgIpc) is 3.05. The van der Waals surface area contributed by atoms with Gasteiger partial charge in [0.2, 0.25) is 0 Å². The van der Waals surface area contributed by atoms with Crippen LogP contribution >= 0.6 is 0 Å². The van der Waals surface area contributed by atoms with E-state index >= 15 is 0 Å². The summed E-state index contributed by atoms with van der Waals surface area (Å²) in [7, 11) is 0. The molecule has 2 aromatic rings. The van der Waals surface area contributed by atoms with Gasteiger partial charge >= 0.3 is 0 Å². The van der Waals surface area contributed by atoms with Gasteiger partial charge in [0.15, 0.2) is 0 Å². The average molecular weight is 334 g/mol. The van der Waals surface area contributed by atoms with Gasteiger partial charge in [-0.3, -0.25) is 10.2 Å². The lowest BCUT2D eigenvalue weighted by Gasteiger charge is -2.50. The highest BCUT2D eigenvalue weighted by atomic mass is 16.5. The molecule has 4 aliphatic heterocycles. The first-order valence-corrected chi connectivity index (χ1v) is 9.05. The van der Waals surface area contributed by atoms with Gasteiger partial charge in [-0.15, -0.1) is 0 Å². The lowest BCUT2D eigenvalue weighted by molar-refractivity contribution is -0.0829. The number of hydrogen-bond donors (Lipinski definition) is 1. The summed E-state index contributed by atoms with van der Waals surface area (Å²) in [6.45, 7) is 4.18. The third-order valence-corrected chi connectivity index (χ3v) is 5.72. The molecular formula is C20H22N4O. The Labute approximate surface area is 147 Å². The van der Waals surface area contributed by atoms with Crippen molar-refractivity contribution in [3.05, 3.63) is 48.7 Å². The van der Waals surface area contributed by atoms with Crippen LogP contribution in [0.15, 0.2) is 53.7 Å². The highest BCUT2D eigenvalue weighted by molar-refractivity contribution is 5.90. The largest absolute Gasteiger partial charge is 0.455 e. The molecule has 2 bridgehead atoms. The number of anilines is 1. The van der Waals surface area contributed by atoms with Crippen molar-refractivity contribution in [3.8, 4) is 11.1 Å². The summed E-state index contributed by atoms with van der Waals surface area (Å²) in [6, 6.07) is 15.0. The van der Waals surface area contributed by atoms with E-state index in [1.807, 2.05) is 36.5 Å². The maximum Gasteiger partial charge on any atom is 0.291 e. The maximum absolute atomic E-state index is 6.33. The third kappa shape index (κ3) is 2.68. The van der Waals surface area contributed by atoms with Crippen molar-refractivity contribution in [2.75, 3.05) is 31.5 Å². The summed E-state index contributed by atoms with van der Waals surface area (Å²) in [5.41, 5.74) is 2.20. The number of nitrogens with zero attached hydrogens (tertiary/aromatic N) is 3. The SMILES string of the molecule is c1ccc(-c2ccnc(NC3=NC[C@@]4(CN5CCC4CC5)O3)c2)cc1. The minimum absolute atomic E-state index is 0.115. The molecule has 0 unspecified atom stereocenters. The van der Waals surface area contributed by atoms with Crippen molar-refractivity contribution in [3.63, 3.8) is 0 Å². The number of aliphatic imine (C=N–C) groups is 1. The van der Waals surface area contributed by atoms with Crippen molar-refractivity contribution in [2.24, 2.45) is 10.9 Å². The molecule has 3 fully saturated rings. The van der Waals surface area contributed by atoms with Crippen LogP contribution in [0.4, 0.5) is 5.82 Å². The first-order chi connectivity index (χ1) is 12.3. The molecule has 1 N–H and O–H groups in total. The monoisotopic (exact) mass is 334 g/mol. The molecule has 25 heavy (non-hydrogen) atoms. The van der Waals surface area contributed by atoms with E-state index in [2.05, 4.69) is 32.3 Å². The Hall–Kier alpha value is -2.40. The van der Waals surface area contributed by atoms with E-state index < -0.39 is 0 Å². The topological polar surface area (TPSA) is 49.8 Å². The van der Waals surface area contributed by atoms with Crippen LogP contribution in [0.3, 0.4) is 0 Å². The smallest absolute Gasteiger partial charge is 0.291 e. The molecule has 0 radical (unpaired) electrons. The number of amidine groups is 1. The second-order valence-electron chi connectivity index (χ2n) is 7.26. The molecule has 1 atom stereocenters. The normalized spacial score (nSPS) is 30.2. The first-order valence-electron chi connectivity index (χ1n) is 9.05. The van der Waals surface area contributed by atoms with Crippen molar-refractivity contribution in [1.82, 2.24) is 9.88 Å². The molecule has 3 saturated heterocycles. The second kappa shape index (κ2) is 5.85. The number of pyridine rings is 1. The zero-order valence-corrected chi connectivity index (χ0v) is 14.2. The molecule has 5 heterocycles. The molecule has 0 saturated carbocycles. The van der Waals surface area contributed by atoms with E-state index in [9.17, 15) is 0 Å². The van der Waals surface area contributed by atoms with Gasteiger partial charge in [-0.1, -0.05) is 30.3 Å². The van der Waals surface area contributed by atoms with Crippen molar-refractivity contribution in [1.29, 1.82) is 0 Å². The summed E-state index contributed by atoms with van der Waals surface area (Å²) >= 11 is 0. The Morgan fingerprint density at radius 1 is 1.08 bits per heavy atom. The van der Waals surface area contributed by atoms with E-state index in [-0.39, 0.29) is 5.60 Å². The highest BCUT2D eigenvalue weighted by Gasteiger charge is 2.51. The van der Waals surface area contributed by atoms with Gasteiger partial charge in [-0.2, -0.15) is 0 Å². The fraction of sp³-hybridized carbons (Fsp3) is 0.400. The third-order valence-electron chi connectivity index (χ3n) is 5.72. The quantitative estimate of drug-likeness (QED) is 0.917. The first kappa shape index (κ1) is 14.9. The molecule has 1 aromatic heterocycles. The van der Waals surface area contributed by atoms with Crippen LogP contribution in [0.25, 0.3) is 11.1 Å². The van der Waals surface area contributed by atoms with Crippen molar-refractivity contribution in [2.45, 2.75) is 18.4 Å².